The highest BCUT2D eigenvalue weighted by Gasteiger charge is 2.23. The molecule has 0 aliphatic carbocycles. The molecule has 0 bridgehead atoms. The second-order valence-corrected chi connectivity index (χ2v) is 10.5. The van der Waals surface area contributed by atoms with Crippen LogP contribution in [-0.2, 0) is 4.79 Å². The van der Waals surface area contributed by atoms with Crippen LogP contribution < -0.4 is 5.32 Å². The number of non-ortho nitro benzene ring substituents is 1. The Bertz CT molecular complexity index is 1590. The predicted molar refractivity (Wildman–Crippen MR) is 152 cm³/mol. The van der Waals surface area contributed by atoms with Crippen LogP contribution in [0.25, 0.3) is 22.4 Å². The first kappa shape index (κ1) is 27.1. The number of anilines is 1. The molecule has 0 spiro atoms. The van der Waals surface area contributed by atoms with Gasteiger partial charge in [0.2, 0.25) is 5.91 Å². The number of nitrogens with one attached hydrogen (secondary N) is 1. The molecule has 1 unspecified atom stereocenters. The molecule has 10 heteroatoms. The van der Waals surface area contributed by atoms with E-state index >= 15 is 0 Å². The number of hydrogen-bond acceptors (Lipinski definition) is 6. The third-order valence-electron chi connectivity index (χ3n) is 5.74. The summed E-state index contributed by atoms with van der Waals surface area (Å²) >= 11 is 13.7. The summed E-state index contributed by atoms with van der Waals surface area (Å²) in [5, 5.41) is 24.7. The minimum Gasteiger partial charge on any atom is -0.325 e. The number of rotatable bonds is 7. The lowest BCUT2D eigenvalue weighted by Crippen LogP contribution is -2.23. The molecule has 0 saturated heterocycles. The Morgan fingerprint density at radius 3 is 2.42 bits per heavy atom. The third kappa shape index (κ3) is 5.97. The lowest BCUT2D eigenvalue weighted by molar-refractivity contribution is -0.384. The van der Waals surface area contributed by atoms with Crippen molar-refractivity contribution in [2.24, 2.45) is 0 Å². The zero-order valence-corrected chi connectivity index (χ0v) is 22.6. The van der Waals surface area contributed by atoms with Gasteiger partial charge >= 0.3 is 0 Å². The van der Waals surface area contributed by atoms with Gasteiger partial charge in [-0.25, -0.2) is 4.98 Å². The largest absolute Gasteiger partial charge is 0.325 e. The Morgan fingerprint density at radius 2 is 1.79 bits per heavy atom. The Balaban J connectivity index is 1.72. The predicted octanol–water partition coefficient (Wildman–Crippen LogP) is 7.93. The molecule has 7 nitrogen and oxygen atoms in total. The third-order valence-corrected chi connectivity index (χ3v) is 7.41. The fourth-order valence-electron chi connectivity index (χ4n) is 3.73. The van der Waals surface area contributed by atoms with Crippen LogP contribution in [0.5, 0.6) is 0 Å². The van der Waals surface area contributed by atoms with Crippen LogP contribution in [-0.4, -0.2) is 21.1 Å². The van der Waals surface area contributed by atoms with E-state index in [0.717, 1.165) is 17.3 Å². The number of hydrogen-bond donors (Lipinski definition) is 1. The van der Waals surface area contributed by atoms with Gasteiger partial charge in [-0.15, -0.1) is 0 Å². The second-order valence-electron chi connectivity index (χ2n) is 8.34. The van der Waals surface area contributed by atoms with Crippen LogP contribution >= 0.6 is 35.0 Å². The van der Waals surface area contributed by atoms with E-state index in [9.17, 15) is 20.2 Å². The molecule has 190 valence electrons. The molecule has 1 atom stereocenters. The standard InChI is InChI=1S/C28H20Cl2N4O3S/c1-16-13-20(34(36)37)11-12-25(16)32-27(35)17(2)38-28-23(15-31)22(21-5-3-4-6-24(21)30)14-26(33-28)18-7-9-19(29)10-8-18/h3-14,17H,1-2H3,(H,32,35). The van der Waals surface area contributed by atoms with E-state index in [2.05, 4.69) is 11.4 Å². The fraction of sp³-hybridized carbons (Fsp3) is 0.107. The smallest absolute Gasteiger partial charge is 0.269 e. The van der Waals surface area contributed by atoms with Gasteiger partial charge in [0, 0.05) is 44.6 Å². The maximum atomic E-state index is 13.1. The summed E-state index contributed by atoms with van der Waals surface area (Å²) in [6, 6.07) is 22.6. The van der Waals surface area contributed by atoms with E-state index in [-0.39, 0.29) is 11.6 Å². The minimum absolute atomic E-state index is 0.0584. The number of nitriles is 1. The Labute approximate surface area is 233 Å². The first-order valence-corrected chi connectivity index (χ1v) is 13.0. The number of halogens is 2. The topological polar surface area (TPSA) is 109 Å². The van der Waals surface area contributed by atoms with Crippen LogP contribution in [0.3, 0.4) is 0 Å². The van der Waals surface area contributed by atoms with Crippen LogP contribution in [0.15, 0.2) is 77.8 Å². The van der Waals surface area contributed by atoms with Crippen molar-refractivity contribution < 1.29 is 9.72 Å². The molecule has 0 fully saturated rings. The van der Waals surface area contributed by atoms with Crippen molar-refractivity contribution in [1.29, 1.82) is 5.26 Å². The summed E-state index contributed by atoms with van der Waals surface area (Å²) in [7, 11) is 0. The molecular weight excluding hydrogens is 543 g/mol. The first-order valence-electron chi connectivity index (χ1n) is 11.4. The van der Waals surface area contributed by atoms with E-state index in [4.69, 9.17) is 28.2 Å². The van der Waals surface area contributed by atoms with Gasteiger partial charge in [0.05, 0.1) is 21.4 Å². The van der Waals surface area contributed by atoms with Crippen LogP contribution in [0, 0.1) is 28.4 Å². The van der Waals surface area contributed by atoms with E-state index in [1.807, 2.05) is 24.3 Å². The summed E-state index contributed by atoms with van der Waals surface area (Å²) in [5.74, 6) is -0.339. The van der Waals surface area contributed by atoms with Crippen molar-refractivity contribution in [2.45, 2.75) is 24.1 Å². The van der Waals surface area contributed by atoms with E-state index in [1.54, 1.807) is 44.2 Å². The van der Waals surface area contributed by atoms with Crippen molar-refractivity contribution in [2.75, 3.05) is 5.32 Å². The van der Waals surface area contributed by atoms with E-state index in [1.165, 1.54) is 18.2 Å². The highest BCUT2D eigenvalue weighted by Crippen LogP contribution is 2.38. The summed E-state index contributed by atoms with van der Waals surface area (Å²) in [6.45, 7) is 3.38. The molecule has 0 aliphatic heterocycles. The molecule has 1 N–H and O–H groups in total. The van der Waals surface area contributed by atoms with Crippen molar-refractivity contribution in [3.63, 3.8) is 0 Å². The lowest BCUT2D eigenvalue weighted by atomic mass is 9.99. The highest BCUT2D eigenvalue weighted by atomic mass is 35.5. The van der Waals surface area contributed by atoms with Gasteiger partial charge in [0.1, 0.15) is 11.1 Å². The molecule has 0 radical (unpaired) electrons. The summed E-state index contributed by atoms with van der Waals surface area (Å²) in [5.41, 5.74) is 3.91. The van der Waals surface area contributed by atoms with Crippen molar-refractivity contribution in [3.8, 4) is 28.5 Å². The molecule has 0 saturated carbocycles. The summed E-state index contributed by atoms with van der Waals surface area (Å²) in [4.78, 5) is 28.3. The number of nitro benzene ring substituents is 1. The molecule has 4 aromatic rings. The maximum Gasteiger partial charge on any atom is 0.269 e. The second kappa shape index (κ2) is 11.7. The molecule has 1 heterocycles. The van der Waals surface area contributed by atoms with Gasteiger partial charge in [-0.3, -0.25) is 14.9 Å². The lowest BCUT2D eigenvalue weighted by Gasteiger charge is -2.17. The number of thioether (sulfide) groups is 1. The number of aryl methyl sites for hydroxylation is 1. The Morgan fingerprint density at radius 1 is 1.08 bits per heavy atom. The summed E-state index contributed by atoms with van der Waals surface area (Å²) < 4.78 is 0. The SMILES string of the molecule is Cc1cc([N+](=O)[O-])ccc1NC(=O)C(C)Sc1nc(-c2ccc(Cl)cc2)cc(-c2ccccc2Cl)c1C#N. The molecular formula is C28H20Cl2N4O3S. The van der Waals surface area contributed by atoms with Crippen molar-refractivity contribution in [1.82, 2.24) is 4.98 Å². The number of carbonyl (C=O) groups is 1. The van der Waals surface area contributed by atoms with Crippen LogP contribution in [0.1, 0.15) is 18.1 Å². The zero-order chi connectivity index (χ0) is 27.4. The summed E-state index contributed by atoms with van der Waals surface area (Å²) in [6.07, 6.45) is 0. The molecule has 1 aromatic heterocycles. The normalized spacial score (nSPS) is 11.4. The number of nitrogens with zero attached hydrogens (tertiary/aromatic N) is 3. The quantitative estimate of drug-likeness (QED) is 0.139. The number of carbonyl (C=O) groups excluding carboxylic acids is 1. The van der Waals surface area contributed by atoms with Gasteiger partial charge in [-0.1, -0.05) is 65.3 Å². The van der Waals surface area contributed by atoms with Gasteiger partial charge in [-0.05, 0) is 49.7 Å². The number of aromatic nitrogens is 1. The molecule has 3 aromatic carbocycles. The van der Waals surface area contributed by atoms with Gasteiger partial charge in [0.25, 0.3) is 5.69 Å². The molecule has 1 amide bonds. The van der Waals surface area contributed by atoms with Gasteiger partial charge in [-0.2, -0.15) is 5.26 Å². The van der Waals surface area contributed by atoms with Gasteiger partial charge < -0.3 is 5.32 Å². The van der Waals surface area contributed by atoms with Gasteiger partial charge in [0.15, 0.2) is 0 Å². The Kier molecular flexibility index (Phi) is 8.32. The fourth-order valence-corrected chi connectivity index (χ4v) is 5.02. The first-order chi connectivity index (χ1) is 18.2. The monoisotopic (exact) mass is 562 g/mol. The average molecular weight is 563 g/mol. The highest BCUT2D eigenvalue weighted by molar-refractivity contribution is 8.00. The number of pyridine rings is 1. The maximum absolute atomic E-state index is 13.1. The minimum atomic E-state index is -0.649. The van der Waals surface area contributed by atoms with Crippen molar-refractivity contribution in [3.05, 3.63) is 104 Å². The molecule has 4 rings (SSSR count). The number of nitro groups is 1. The van der Waals surface area contributed by atoms with Crippen molar-refractivity contribution >= 4 is 52.2 Å². The number of benzene rings is 3. The van der Waals surface area contributed by atoms with Crippen LogP contribution in [0.2, 0.25) is 10.0 Å². The zero-order valence-electron chi connectivity index (χ0n) is 20.2. The Hall–Kier alpha value is -3.90. The van der Waals surface area contributed by atoms with E-state index in [0.29, 0.717) is 48.7 Å². The average Bonchev–Trinajstić information content (AvgIpc) is 2.90. The van der Waals surface area contributed by atoms with Crippen LogP contribution in [0.4, 0.5) is 11.4 Å². The molecule has 0 aliphatic rings. The van der Waals surface area contributed by atoms with E-state index < -0.39 is 10.2 Å². The molecule has 38 heavy (non-hydrogen) atoms. The number of amides is 1.